The van der Waals surface area contributed by atoms with Gasteiger partial charge in [0.05, 0.1) is 10.9 Å². The molecule has 0 aliphatic rings. The molecular formula is C30H35F3O2S. The van der Waals surface area contributed by atoms with Gasteiger partial charge in [-0.25, -0.2) is 0 Å². The fourth-order valence-corrected chi connectivity index (χ4v) is 5.86. The summed E-state index contributed by atoms with van der Waals surface area (Å²) >= 11 is 0. The minimum Gasteiger partial charge on any atom is -0.542 e. The van der Waals surface area contributed by atoms with Crippen LogP contribution in [0, 0.1) is 0 Å². The number of benzene rings is 3. The average Bonchev–Trinajstić information content (AvgIpc) is 2.88. The van der Waals surface area contributed by atoms with E-state index in [1.807, 2.05) is 0 Å². The van der Waals surface area contributed by atoms with Crippen molar-refractivity contribution >= 4 is 16.9 Å². The molecule has 194 valence electrons. The maximum atomic E-state index is 10.5. The molecule has 0 aromatic heterocycles. The van der Waals surface area contributed by atoms with Crippen molar-refractivity contribution in [2.24, 2.45) is 0 Å². The van der Waals surface area contributed by atoms with Crippen molar-refractivity contribution in [3.63, 3.8) is 0 Å². The predicted octanol–water partition coefficient (Wildman–Crippen LogP) is 7.76. The van der Waals surface area contributed by atoms with Crippen LogP contribution in [0.1, 0.15) is 63.9 Å². The third kappa shape index (κ3) is 10.9. The van der Waals surface area contributed by atoms with E-state index in [4.69, 9.17) is 9.90 Å². The SMILES string of the molecule is CCCCCCCCCCc1ccc([S+](c2ccccc2)c2ccccc2)cc1.O=C([O-])C(F)(F)F. The van der Waals surface area contributed by atoms with Crippen LogP contribution in [-0.2, 0) is 22.1 Å². The summed E-state index contributed by atoms with van der Waals surface area (Å²) < 4.78 is 31.5. The van der Waals surface area contributed by atoms with Crippen LogP contribution in [0.4, 0.5) is 13.2 Å². The lowest BCUT2D eigenvalue weighted by Gasteiger charge is -2.09. The third-order valence-corrected chi connectivity index (χ3v) is 7.90. The molecule has 6 heteroatoms. The maximum Gasteiger partial charge on any atom is 0.430 e. The van der Waals surface area contributed by atoms with Gasteiger partial charge in [0, 0.05) is 0 Å². The lowest BCUT2D eigenvalue weighted by Crippen LogP contribution is -2.37. The van der Waals surface area contributed by atoms with Gasteiger partial charge in [0.1, 0.15) is 5.97 Å². The largest absolute Gasteiger partial charge is 0.542 e. The van der Waals surface area contributed by atoms with E-state index >= 15 is 0 Å². The molecule has 0 amide bonds. The monoisotopic (exact) mass is 516 g/mol. The molecule has 0 N–H and O–H groups in total. The van der Waals surface area contributed by atoms with E-state index in [0.29, 0.717) is 0 Å². The highest BCUT2D eigenvalue weighted by molar-refractivity contribution is 7.97. The van der Waals surface area contributed by atoms with Gasteiger partial charge in [0.2, 0.25) is 0 Å². The Morgan fingerprint density at radius 2 is 1.06 bits per heavy atom. The summed E-state index contributed by atoms with van der Waals surface area (Å²) in [4.78, 5) is 13.0. The number of carbonyl (C=O) groups is 1. The van der Waals surface area contributed by atoms with Crippen LogP contribution in [0.2, 0.25) is 0 Å². The van der Waals surface area contributed by atoms with Crippen molar-refractivity contribution in [2.45, 2.75) is 85.6 Å². The van der Waals surface area contributed by atoms with Crippen molar-refractivity contribution in [1.29, 1.82) is 0 Å². The highest BCUT2D eigenvalue weighted by atomic mass is 32.2. The molecule has 2 nitrogen and oxygen atoms in total. The molecule has 3 aromatic rings. The normalized spacial score (nSPS) is 11.1. The molecular weight excluding hydrogens is 481 g/mol. The maximum absolute atomic E-state index is 10.5. The van der Waals surface area contributed by atoms with Gasteiger partial charge in [-0.1, -0.05) is 100 Å². The second kappa shape index (κ2) is 16.1. The number of halogens is 3. The van der Waals surface area contributed by atoms with Crippen molar-refractivity contribution in [1.82, 2.24) is 0 Å². The topological polar surface area (TPSA) is 40.1 Å². The van der Waals surface area contributed by atoms with Gasteiger partial charge >= 0.3 is 6.18 Å². The van der Waals surface area contributed by atoms with Crippen molar-refractivity contribution in [2.75, 3.05) is 0 Å². The number of carbonyl (C=O) groups excluding carboxylic acids is 1. The smallest absolute Gasteiger partial charge is 0.430 e. The number of hydrogen-bond acceptors (Lipinski definition) is 2. The van der Waals surface area contributed by atoms with Gasteiger partial charge in [0.25, 0.3) is 0 Å². The zero-order chi connectivity index (χ0) is 26.2. The van der Waals surface area contributed by atoms with Gasteiger partial charge in [0.15, 0.2) is 14.7 Å². The number of carboxylic acid groups (broad SMARTS) is 1. The van der Waals surface area contributed by atoms with E-state index in [0.717, 1.165) is 0 Å². The molecule has 0 fully saturated rings. The zero-order valence-corrected chi connectivity index (χ0v) is 21.6. The van der Waals surface area contributed by atoms with E-state index in [2.05, 4.69) is 91.9 Å². The first-order chi connectivity index (χ1) is 17.3. The highest BCUT2D eigenvalue weighted by Gasteiger charge is 2.29. The molecule has 0 aliphatic carbocycles. The van der Waals surface area contributed by atoms with E-state index < -0.39 is 12.1 Å². The minimum atomic E-state index is -5.19. The fraction of sp³-hybridized carbons (Fsp3) is 0.367. The summed E-state index contributed by atoms with van der Waals surface area (Å²) in [7, 11) is -0.0360. The van der Waals surface area contributed by atoms with E-state index in [9.17, 15) is 13.2 Å². The van der Waals surface area contributed by atoms with Crippen molar-refractivity contribution < 1.29 is 23.1 Å². The fourth-order valence-electron chi connectivity index (χ4n) is 3.78. The van der Waals surface area contributed by atoms with Gasteiger partial charge in [-0.3, -0.25) is 0 Å². The summed E-state index contributed by atoms with van der Waals surface area (Å²) in [6.07, 6.45) is 7.09. The Morgan fingerprint density at radius 3 is 1.47 bits per heavy atom. The summed E-state index contributed by atoms with van der Waals surface area (Å²) in [5, 5.41) is 8.78. The second-order valence-corrected chi connectivity index (χ2v) is 10.6. The average molecular weight is 517 g/mol. The molecule has 3 aromatic carbocycles. The van der Waals surface area contributed by atoms with Crippen LogP contribution in [0.15, 0.2) is 99.6 Å². The molecule has 3 rings (SSSR count). The van der Waals surface area contributed by atoms with Gasteiger partial charge in [-0.05, 0) is 54.8 Å². The number of carboxylic acids is 1. The summed E-state index contributed by atoms with van der Waals surface area (Å²) in [6, 6.07) is 31.2. The lowest BCUT2D eigenvalue weighted by molar-refractivity contribution is -0.344. The Kier molecular flexibility index (Phi) is 13.2. The summed E-state index contributed by atoms with van der Waals surface area (Å²) in [6.45, 7) is 2.29. The summed E-state index contributed by atoms with van der Waals surface area (Å²) in [5.41, 5.74) is 1.48. The Labute approximate surface area is 215 Å². The third-order valence-electron chi connectivity index (χ3n) is 5.67. The molecule has 0 bridgehead atoms. The number of aryl methyl sites for hydroxylation is 1. The van der Waals surface area contributed by atoms with Crippen LogP contribution >= 0.6 is 0 Å². The molecule has 0 atom stereocenters. The Morgan fingerprint density at radius 1 is 0.667 bits per heavy atom. The standard InChI is InChI=1S/C28H35S.C2HF3O2/c1-2-3-4-5-6-7-8-11-16-25-21-23-28(24-22-25)29(26-17-12-9-13-18-26)27-19-14-10-15-20-27;3-2(4,5)1(6)7/h9-10,12-15,17-24H,2-8,11,16H2,1H3;(H,6,7)/q+1;/p-1. The van der Waals surface area contributed by atoms with Crippen LogP contribution in [0.5, 0.6) is 0 Å². The van der Waals surface area contributed by atoms with Gasteiger partial charge in [-0.2, -0.15) is 13.2 Å². The molecule has 0 heterocycles. The predicted molar refractivity (Wildman–Crippen MR) is 139 cm³/mol. The molecule has 0 saturated carbocycles. The molecule has 36 heavy (non-hydrogen) atoms. The van der Waals surface area contributed by atoms with Gasteiger partial charge < -0.3 is 9.90 Å². The number of unbranched alkanes of at least 4 members (excludes halogenated alkanes) is 7. The first-order valence-electron chi connectivity index (χ1n) is 12.5. The Balaban J connectivity index is 0.000000572. The Hall–Kier alpha value is -2.73. The Bertz CT molecular complexity index is 951. The van der Waals surface area contributed by atoms with E-state index in [1.165, 1.54) is 78.0 Å². The summed E-state index contributed by atoms with van der Waals surface area (Å²) in [5.74, 6) is -3.01. The van der Waals surface area contributed by atoms with E-state index in [-0.39, 0.29) is 10.9 Å². The number of alkyl halides is 3. The zero-order valence-electron chi connectivity index (χ0n) is 20.8. The molecule has 0 aliphatic heterocycles. The van der Waals surface area contributed by atoms with Crippen LogP contribution in [0.25, 0.3) is 0 Å². The van der Waals surface area contributed by atoms with Gasteiger partial charge in [-0.15, -0.1) is 0 Å². The number of hydrogen-bond donors (Lipinski definition) is 0. The van der Waals surface area contributed by atoms with Crippen LogP contribution in [0.3, 0.4) is 0 Å². The first-order valence-corrected chi connectivity index (χ1v) is 13.8. The highest BCUT2D eigenvalue weighted by Crippen LogP contribution is 2.31. The van der Waals surface area contributed by atoms with E-state index in [1.54, 1.807) is 0 Å². The molecule has 0 spiro atoms. The second-order valence-electron chi connectivity index (χ2n) is 8.59. The molecule has 0 radical (unpaired) electrons. The number of rotatable bonds is 12. The molecule has 0 saturated heterocycles. The quantitative estimate of drug-likeness (QED) is 0.182. The first kappa shape index (κ1) is 29.5. The van der Waals surface area contributed by atoms with Crippen molar-refractivity contribution in [3.05, 3.63) is 90.5 Å². The molecule has 0 unspecified atom stereocenters. The van der Waals surface area contributed by atoms with Crippen molar-refractivity contribution in [3.8, 4) is 0 Å². The van der Waals surface area contributed by atoms with Crippen LogP contribution < -0.4 is 5.11 Å². The van der Waals surface area contributed by atoms with Crippen LogP contribution in [-0.4, -0.2) is 12.1 Å². The minimum absolute atomic E-state index is 0.0360. The lowest BCUT2D eigenvalue weighted by atomic mass is 10.0. The number of aliphatic carboxylic acids is 1.